The van der Waals surface area contributed by atoms with Crippen LogP contribution in [0.1, 0.15) is 42.9 Å². The highest BCUT2D eigenvalue weighted by Crippen LogP contribution is 2.38. The molecule has 19 heavy (non-hydrogen) atoms. The maximum absolute atomic E-state index is 6.07. The van der Waals surface area contributed by atoms with Gasteiger partial charge < -0.3 is 10.2 Å². The number of benzene rings is 1. The number of halogens is 1. The molecule has 2 aliphatic rings. The first-order chi connectivity index (χ1) is 9.11. The number of rotatable bonds is 4. The van der Waals surface area contributed by atoms with Gasteiger partial charge in [-0.1, -0.05) is 17.7 Å². The standard InChI is InChI=1S/C16H23ClN2/c1-19(2)16(8-3-9-16)11-18-15-7-4-12-10-13(17)5-6-14(12)15/h5-6,10,15,18H,3-4,7-9,11H2,1-2H3. The predicted octanol–water partition coefficient (Wildman–Crippen LogP) is 3.40. The van der Waals surface area contributed by atoms with Crippen molar-refractivity contribution in [2.75, 3.05) is 20.6 Å². The van der Waals surface area contributed by atoms with E-state index < -0.39 is 0 Å². The zero-order valence-electron chi connectivity index (χ0n) is 11.9. The zero-order chi connectivity index (χ0) is 13.5. The normalized spacial score (nSPS) is 24.3. The highest BCUT2D eigenvalue weighted by atomic mass is 35.5. The third kappa shape index (κ3) is 2.42. The molecule has 1 fully saturated rings. The first kappa shape index (κ1) is 13.4. The molecular formula is C16H23ClN2. The minimum atomic E-state index is 0.398. The molecule has 1 atom stereocenters. The highest BCUT2D eigenvalue weighted by molar-refractivity contribution is 6.30. The van der Waals surface area contributed by atoms with E-state index in [1.54, 1.807) is 0 Å². The summed E-state index contributed by atoms with van der Waals surface area (Å²) >= 11 is 6.07. The van der Waals surface area contributed by atoms with Crippen LogP contribution in [0.3, 0.4) is 0 Å². The molecule has 0 amide bonds. The largest absolute Gasteiger partial charge is 0.308 e. The third-order valence-electron chi connectivity index (χ3n) is 5.09. The molecule has 2 nitrogen and oxygen atoms in total. The molecule has 0 heterocycles. The number of nitrogens with zero attached hydrogens (tertiary/aromatic N) is 1. The lowest BCUT2D eigenvalue weighted by atomic mass is 9.75. The Hall–Kier alpha value is -0.570. The van der Waals surface area contributed by atoms with Gasteiger partial charge in [-0.3, -0.25) is 0 Å². The molecule has 0 saturated heterocycles. The van der Waals surface area contributed by atoms with Crippen molar-refractivity contribution in [1.29, 1.82) is 0 Å². The van der Waals surface area contributed by atoms with Crippen LogP contribution in [0, 0.1) is 0 Å². The number of nitrogens with one attached hydrogen (secondary N) is 1. The van der Waals surface area contributed by atoms with Crippen molar-refractivity contribution < 1.29 is 0 Å². The van der Waals surface area contributed by atoms with Crippen LogP contribution in [-0.2, 0) is 6.42 Å². The van der Waals surface area contributed by atoms with Gasteiger partial charge in [0.15, 0.2) is 0 Å². The van der Waals surface area contributed by atoms with Crippen LogP contribution in [0.25, 0.3) is 0 Å². The van der Waals surface area contributed by atoms with Gasteiger partial charge in [0.25, 0.3) is 0 Å². The van der Waals surface area contributed by atoms with E-state index in [0.717, 1.165) is 18.0 Å². The number of likely N-dealkylation sites (N-methyl/N-ethyl adjacent to an activating group) is 1. The summed E-state index contributed by atoms with van der Waals surface area (Å²) in [6.45, 7) is 1.10. The van der Waals surface area contributed by atoms with Gasteiger partial charge in [-0.05, 0) is 69.5 Å². The summed E-state index contributed by atoms with van der Waals surface area (Å²) < 4.78 is 0. The van der Waals surface area contributed by atoms with Gasteiger partial charge in [0.1, 0.15) is 0 Å². The first-order valence-corrected chi connectivity index (χ1v) is 7.68. The van der Waals surface area contributed by atoms with Gasteiger partial charge in [-0.15, -0.1) is 0 Å². The third-order valence-corrected chi connectivity index (χ3v) is 5.33. The molecule has 1 saturated carbocycles. The molecule has 3 rings (SSSR count). The molecule has 2 aliphatic carbocycles. The average molecular weight is 279 g/mol. The molecule has 1 unspecified atom stereocenters. The Bertz CT molecular complexity index is 466. The molecule has 1 aromatic rings. The van der Waals surface area contributed by atoms with E-state index in [1.807, 2.05) is 6.07 Å². The Balaban J connectivity index is 1.67. The Morgan fingerprint density at radius 2 is 2.16 bits per heavy atom. The fraction of sp³-hybridized carbons (Fsp3) is 0.625. The van der Waals surface area contributed by atoms with E-state index in [-0.39, 0.29) is 0 Å². The summed E-state index contributed by atoms with van der Waals surface area (Å²) in [6.07, 6.45) is 6.39. The SMILES string of the molecule is CN(C)C1(CNC2CCc3cc(Cl)ccc32)CCC1. The monoisotopic (exact) mass is 278 g/mol. The van der Waals surface area contributed by atoms with Crippen molar-refractivity contribution in [2.24, 2.45) is 0 Å². The van der Waals surface area contributed by atoms with Crippen LogP contribution in [0.4, 0.5) is 0 Å². The lowest BCUT2D eigenvalue weighted by Crippen LogP contribution is -2.56. The van der Waals surface area contributed by atoms with E-state index in [4.69, 9.17) is 11.6 Å². The maximum atomic E-state index is 6.07. The van der Waals surface area contributed by atoms with Crippen molar-refractivity contribution in [3.63, 3.8) is 0 Å². The lowest BCUT2D eigenvalue weighted by molar-refractivity contribution is 0.0571. The van der Waals surface area contributed by atoms with Crippen molar-refractivity contribution in [1.82, 2.24) is 10.2 Å². The van der Waals surface area contributed by atoms with Crippen molar-refractivity contribution in [3.8, 4) is 0 Å². The van der Waals surface area contributed by atoms with E-state index in [0.29, 0.717) is 11.6 Å². The van der Waals surface area contributed by atoms with Crippen LogP contribution >= 0.6 is 11.6 Å². The molecule has 0 radical (unpaired) electrons. The fourth-order valence-corrected chi connectivity index (χ4v) is 3.67. The van der Waals surface area contributed by atoms with Crippen molar-refractivity contribution >= 4 is 11.6 Å². The lowest BCUT2D eigenvalue weighted by Gasteiger charge is -2.48. The smallest absolute Gasteiger partial charge is 0.0408 e. The van der Waals surface area contributed by atoms with E-state index >= 15 is 0 Å². The van der Waals surface area contributed by atoms with Gasteiger partial charge in [-0.2, -0.15) is 0 Å². The molecule has 0 aliphatic heterocycles. The zero-order valence-corrected chi connectivity index (χ0v) is 12.6. The maximum Gasteiger partial charge on any atom is 0.0408 e. The van der Waals surface area contributed by atoms with E-state index in [1.165, 1.54) is 36.8 Å². The average Bonchev–Trinajstić information content (AvgIpc) is 2.69. The molecule has 0 aromatic heterocycles. The van der Waals surface area contributed by atoms with Gasteiger partial charge >= 0.3 is 0 Å². The Kier molecular flexibility index (Phi) is 3.59. The van der Waals surface area contributed by atoms with Crippen LogP contribution in [-0.4, -0.2) is 31.1 Å². The number of hydrogen-bond acceptors (Lipinski definition) is 2. The van der Waals surface area contributed by atoms with Crippen LogP contribution in [0.15, 0.2) is 18.2 Å². The number of fused-ring (bicyclic) bond motifs is 1. The molecular weight excluding hydrogens is 256 g/mol. The van der Waals surface area contributed by atoms with Crippen molar-refractivity contribution in [2.45, 2.75) is 43.7 Å². The Morgan fingerprint density at radius 3 is 2.79 bits per heavy atom. The van der Waals surface area contributed by atoms with Crippen LogP contribution in [0.2, 0.25) is 5.02 Å². The molecule has 0 spiro atoms. The topological polar surface area (TPSA) is 15.3 Å². The fourth-order valence-electron chi connectivity index (χ4n) is 3.48. The van der Waals surface area contributed by atoms with Crippen LogP contribution in [0.5, 0.6) is 0 Å². The summed E-state index contributed by atoms with van der Waals surface area (Å²) in [4.78, 5) is 2.40. The molecule has 1 aromatic carbocycles. The number of hydrogen-bond donors (Lipinski definition) is 1. The molecule has 104 valence electrons. The minimum absolute atomic E-state index is 0.398. The summed E-state index contributed by atoms with van der Waals surface area (Å²) in [5.74, 6) is 0. The molecule has 0 bridgehead atoms. The number of aryl methyl sites for hydroxylation is 1. The summed E-state index contributed by atoms with van der Waals surface area (Å²) in [6, 6.07) is 6.87. The van der Waals surface area contributed by atoms with Gasteiger partial charge in [0.05, 0.1) is 0 Å². The predicted molar refractivity (Wildman–Crippen MR) is 80.8 cm³/mol. The first-order valence-electron chi connectivity index (χ1n) is 7.30. The van der Waals surface area contributed by atoms with Crippen molar-refractivity contribution in [3.05, 3.63) is 34.3 Å². The van der Waals surface area contributed by atoms with Crippen LogP contribution < -0.4 is 5.32 Å². The second-order valence-electron chi connectivity index (χ2n) is 6.29. The van der Waals surface area contributed by atoms with Gasteiger partial charge in [-0.25, -0.2) is 0 Å². The summed E-state index contributed by atoms with van der Waals surface area (Å²) in [5, 5.41) is 4.66. The summed E-state index contributed by atoms with van der Waals surface area (Å²) in [7, 11) is 4.42. The van der Waals surface area contributed by atoms with E-state index in [9.17, 15) is 0 Å². The van der Waals surface area contributed by atoms with Gasteiger partial charge in [0.2, 0.25) is 0 Å². The second-order valence-corrected chi connectivity index (χ2v) is 6.72. The second kappa shape index (κ2) is 5.08. The van der Waals surface area contributed by atoms with E-state index in [2.05, 4.69) is 36.4 Å². The summed E-state index contributed by atoms with van der Waals surface area (Å²) in [5.41, 5.74) is 3.28. The molecule has 3 heteroatoms. The quantitative estimate of drug-likeness (QED) is 0.908. The Labute approximate surface area is 121 Å². The minimum Gasteiger partial charge on any atom is -0.308 e. The van der Waals surface area contributed by atoms with Gasteiger partial charge in [0, 0.05) is 23.1 Å². The highest BCUT2D eigenvalue weighted by Gasteiger charge is 2.39. The Morgan fingerprint density at radius 1 is 1.37 bits per heavy atom. The molecule has 1 N–H and O–H groups in total.